The fourth-order valence-electron chi connectivity index (χ4n) is 0.715. The van der Waals surface area contributed by atoms with E-state index in [-0.39, 0.29) is 41.7 Å². The number of aliphatic carboxylic acids is 3. The van der Waals surface area contributed by atoms with E-state index in [0.717, 1.165) is 0 Å². The molecule has 0 amide bonds. The molecule has 0 aliphatic carbocycles. The first-order valence-electron chi connectivity index (χ1n) is 3.23. The van der Waals surface area contributed by atoms with Gasteiger partial charge in [0.25, 0.3) is 0 Å². The van der Waals surface area contributed by atoms with Crippen LogP contribution in [0.25, 0.3) is 0 Å². The molecule has 0 spiro atoms. The van der Waals surface area contributed by atoms with Crippen molar-refractivity contribution in [2.45, 2.75) is 0 Å². The Balaban J connectivity index is 0. The number of hydrogen-bond donors (Lipinski definition) is 0. The molecule has 0 bridgehead atoms. The van der Waals surface area contributed by atoms with Crippen LogP contribution in [0.5, 0.6) is 0 Å². The van der Waals surface area contributed by atoms with Gasteiger partial charge < -0.3 is 29.7 Å². The molecular weight excluding hydrogens is 322 g/mol. The molecule has 0 aliphatic heterocycles. The largest absolute Gasteiger partial charge is 3.00 e. The van der Waals surface area contributed by atoms with Gasteiger partial charge in [-0.3, -0.25) is 4.90 Å². The van der Waals surface area contributed by atoms with Crippen molar-refractivity contribution < 1.29 is 71.5 Å². The Bertz CT molecular complexity index is 192. The van der Waals surface area contributed by atoms with Gasteiger partial charge in [-0.05, 0) is 0 Å². The molecule has 14 heavy (non-hydrogen) atoms. The summed E-state index contributed by atoms with van der Waals surface area (Å²) in [5.41, 5.74) is 0. The number of carboxylic acid groups (broad SMARTS) is 3. The maximum absolute atomic E-state index is 9.99. The molecule has 0 aromatic carbocycles. The van der Waals surface area contributed by atoms with Crippen LogP contribution in [0.3, 0.4) is 0 Å². The van der Waals surface area contributed by atoms with Crippen molar-refractivity contribution in [1.82, 2.24) is 4.90 Å². The monoisotopic (exact) mass is 328 g/mol. The van der Waals surface area contributed by atoms with Gasteiger partial charge in [0, 0.05) is 19.6 Å². The molecule has 0 heterocycles. The van der Waals surface area contributed by atoms with Crippen molar-refractivity contribution in [3.63, 3.8) is 0 Å². The van der Waals surface area contributed by atoms with Gasteiger partial charge in [-0.25, -0.2) is 0 Å². The Morgan fingerprint density at radius 2 is 1.00 bits per heavy atom. The van der Waals surface area contributed by atoms with E-state index in [9.17, 15) is 29.7 Å². The second-order valence-corrected chi connectivity index (χ2v) is 2.26. The Labute approximate surface area is 113 Å². The quantitative estimate of drug-likeness (QED) is 0.476. The predicted octanol–water partition coefficient (Wildman–Crippen LogP) is -5.46. The van der Waals surface area contributed by atoms with Gasteiger partial charge in [0.15, 0.2) is 0 Å². The minimum atomic E-state index is -1.57. The Morgan fingerprint density at radius 3 is 1.14 bits per heavy atom. The van der Waals surface area contributed by atoms with E-state index in [1.54, 1.807) is 0 Å². The normalized spacial score (nSPS) is 9.21. The summed E-state index contributed by atoms with van der Waals surface area (Å²) < 4.78 is 0. The van der Waals surface area contributed by atoms with Crippen LogP contribution in [-0.4, -0.2) is 42.4 Å². The van der Waals surface area contributed by atoms with Crippen LogP contribution in [0.15, 0.2) is 0 Å². The molecule has 0 unspecified atom stereocenters. The second-order valence-electron chi connectivity index (χ2n) is 2.26. The minimum Gasteiger partial charge on any atom is -0.549 e. The molecular formula is C6H6CeNO6. The van der Waals surface area contributed by atoms with E-state index < -0.39 is 37.5 Å². The summed E-state index contributed by atoms with van der Waals surface area (Å²) in [6.07, 6.45) is 0. The number of hydrogen-bond acceptors (Lipinski definition) is 7. The molecule has 0 aromatic heterocycles. The summed E-state index contributed by atoms with van der Waals surface area (Å²) >= 11 is 0. The van der Waals surface area contributed by atoms with Crippen molar-refractivity contribution >= 4 is 17.9 Å². The SMILES string of the molecule is O=C([O-])CN(CC(=O)[O-])CC(=O)[O-].[Ce+3]. The Kier molecular flexibility index (Phi) is 9.35. The molecule has 0 atom stereocenters. The van der Waals surface area contributed by atoms with Gasteiger partial charge in [0.2, 0.25) is 0 Å². The molecule has 0 aliphatic rings. The van der Waals surface area contributed by atoms with Crippen LogP contribution in [0.2, 0.25) is 0 Å². The first-order valence-corrected chi connectivity index (χ1v) is 3.23. The van der Waals surface area contributed by atoms with Crippen LogP contribution in [0.4, 0.5) is 0 Å². The maximum Gasteiger partial charge on any atom is 3.00 e. The molecule has 0 aromatic rings. The van der Waals surface area contributed by atoms with Crippen molar-refractivity contribution in [2.24, 2.45) is 0 Å². The van der Waals surface area contributed by atoms with E-state index >= 15 is 0 Å². The fraction of sp³-hybridized carbons (Fsp3) is 0.500. The number of carboxylic acids is 3. The average Bonchev–Trinajstić information content (AvgIpc) is 1.80. The van der Waals surface area contributed by atoms with Gasteiger partial charge in [-0.1, -0.05) is 0 Å². The standard InChI is InChI=1S/C6H9NO6.Ce/c8-4(9)1-7(2-5(10)11)3-6(12)13;/h1-3H2,(H,8,9)(H,10,11)(H,12,13);/q;+3/p-3. The smallest absolute Gasteiger partial charge is 0.549 e. The second kappa shape index (κ2) is 8.09. The van der Waals surface area contributed by atoms with E-state index in [2.05, 4.69) is 0 Å². The molecule has 0 saturated heterocycles. The van der Waals surface area contributed by atoms with Crippen LogP contribution in [0, 0.1) is 41.7 Å². The summed E-state index contributed by atoms with van der Waals surface area (Å²) in [7, 11) is 0. The maximum atomic E-state index is 9.99. The van der Waals surface area contributed by atoms with E-state index in [0.29, 0.717) is 4.90 Å². The first-order chi connectivity index (χ1) is 5.91. The summed E-state index contributed by atoms with van der Waals surface area (Å²) in [6, 6.07) is 0. The molecule has 75 valence electrons. The molecule has 7 nitrogen and oxygen atoms in total. The third-order valence-corrected chi connectivity index (χ3v) is 1.06. The molecule has 0 fully saturated rings. The number of carbonyl (C=O) groups is 3. The van der Waals surface area contributed by atoms with Crippen molar-refractivity contribution in [3.05, 3.63) is 0 Å². The summed E-state index contributed by atoms with van der Waals surface area (Å²) in [4.78, 5) is 30.6. The van der Waals surface area contributed by atoms with Crippen LogP contribution >= 0.6 is 0 Å². The molecule has 1 radical (unpaired) electrons. The van der Waals surface area contributed by atoms with Gasteiger partial charge in [-0.2, -0.15) is 0 Å². The third kappa shape index (κ3) is 9.83. The number of carbonyl (C=O) groups excluding carboxylic acids is 3. The van der Waals surface area contributed by atoms with Gasteiger partial charge in [0.05, 0.1) is 17.9 Å². The Morgan fingerprint density at radius 1 is 0.786 bits per heavy atom. The van der Waals surface area contributed by atoms with Crippen molar-refractivity contribution in [2.75, 3.05) is 19.6 Å². The van der Waals surface area contributed by atoms with E-state index in [4.69, 9.17) is 0 Å². The van der Waals surface area contributed by atoms with Gasteiger partial charge in [0.1, 0.15) is 0 Å². The summed E-state index contributed by atoms with van der Waals surface area (Å²) in [6.45, 7) is -2.37. The topological polar surface area (TPSA) is 124 Å². The van der Waals surface area contributed by atoms with E-state index in [1.807, 2.05) is 0 Å². The van der Waals surface area contributed by atoms with Gasteiger partial charge in [-0.15, -0.1) is 0 Å². The van der Waals surface area contributed by atoms with Crippen molar-refractivity contribution in [1.29, 1.82) is 0 Å². The zero-order valence-electron chi connectivity index (χ0n) is 7.02. The van der Waals surface area contributed by atoms with Crippen molar-refractivity contribution in [3.8, 4) is 0 Å². The third-order valence-electron chi connectivity index (χ3n) is 1.06. The zero-order valence-corrected chi connectivity index (χ0v) is 10.2. The van der Waals surface area contributed by atoms with Crippen LogP contribution in [-0.2, 0) is 14.4 Å². The summed E-state index contributed by atoms with van der Waals surface area (Å²) in [5.74, 6) is -4.70. The van der Waals surface area contributed by atoms with Crippen LogP contribution < -0.4 is 15.3 Å². The van der Waals surface area contributed by atoms with Gasteiger partial charge >= 0.3 is 41.7 Å². The zero-order chi connectivity index (χ0) is 10.4. The molecule has 0 N–H and O–H groups in total. The number of rotatable bonds is 6. The first kappa shape index (κ1) is 16.2. The molecule has 8 heteroatoms. The Hall–Kier alpha value is -0.253. The number of nitrogens with zero attached hydrogens (tertiary/aromatic N) is 1. The van der Waals surface area contributed by atoms with E-state index in [1.165, 1.54) is 0 Å². The fourth-order valence-corrected chi connectivity index (χ4v) is 0.715. The van der Waals surface area contributed by atoms with Crippen LogP contribution in [0.1, 0.15) is 0 Å². The molecule has 0 saturated carbocycles. The predicted molar refractivity (Wildman–Crippen MR) is 31.5 cm³/mol. The minimum absolute atomic E-state index is 0. The average molecular weight is 328 g/mol. The molecule has 0 rings (SSSR count). The summed E-state index contributed by atoms with van der Waals surface area (Å²) in [5, 5.41) is 30.0.